The monoisotopic (exact) mass is 273 g/mol. The molecule has 0 saturated heterocycles. The van der Waals surface area contributed by atoms with Crippen molar-refractivity contribution in [3.05, 3.63) is 30.1 Å². The van der Waals surface area contributed by atoms with Crippen LogP contribution in [0.25, 0.3) is 11.0 Å². The molecular formula is C17H27N3. The summed E-state index contributed by atoms with van der Waals surface area (Å²) in [6, 6.07) is 8.98. The predicted molar refractivity (Wildman–Crippen MR) is 86.1 cm³/mol. The summed E-state index contributed by atoms with van der Waals surface area (Å²) in [4.78, 5) is 4.61. The molecule has 0 fully saturated rings. The Morgan fingerprint density at radius 1 is 1.25 bits per heavy atom. The van der Waals surface area contributed by atoms with Crippen molar-refractivity contribution in [1.29, 1.82) is 0 Å². The number of nitrogens with zero attached hydrogens (tertiary/aromatic N) is 2. The summed E-state index contributed by atoms with van der Waals surface area (Å²) in [7, 11) is 0. The highest BCUT2D eigenvalue weighted by Gasteiger charge is 2.06. The SMILES string of the molecule is CCCCCC(C)NCCn1c(C)nc2ccccc21. The first-order valence-corrected chi connectivity index (χ1v) is 7.87. The van der Waals surface area contributed by atoms with Gasteiger partial charge in [0.1, 0.15) is 5.82 Å². The first-order chi connectivity index (χ1) is 9.72. The number of nitrogens with one attached hydrogen (secondary N) is 1. The van der Waals surface area contributed by atoms with Gasteiger partial charge in [0.15, 0.2) is 0 Å². The van der Waals surface area contributed by atoms with Gasteiger partial charge in [-0.3, -0.25) is 0 Å². The highest BCUT2D eigenvalue weighted by Crippen LogP contribution is 2.14. The van der Waals surface area contributed by atoms with Crippen molar-refractivity contribution in [2.45, 2.75) is 59.0 Å². The fourth-order valence-corrected chi connectivity index (χ4v) is 2.70. The van der Waals surface area contributed by atoms with Crippen LogP contribution in [0.1, 0.15) is 45.4 Å². The standard InChI is InChI=1S/C17H27N3/c1-4-5-6-9-14(2)18-12-13-20-15(3)19-16-10-7-8-11-17(16)20/h7-8,10-11,14,18H,4-6,9,12-13H2,1-3H3. The van der Waals surface area contributed by atoms with Crippen molar-refractivity contribution in [3.63, 3.8) is 0 Å². The molecule has 0 aliphatic heterocycles. The zero-order valence-electron chi connectivity index (χ0n) is 13.0. The number of unbranched alkanes of at least 4 members (excludes halogenated alkanes) is 2. The second kappa shape index (κ2) is 7.44. The van der Waals surface area contributed by atoms with Gasteiger partial charge in [-0.1, -0.05) is 38.3 Å². The number of hydrogen-bond donors (Lipinski definition) is 1. The molecule has 0 radical (unpaired) electrons. The molecular weight excluding hydrogens is 246 g/mol. The minimum absolute atomic E-state index is 0.608. The van der Waals surface area contributed by atoms with Crippen LogP contribution in [0.15, 0.2) is 24.3 Å². The molecule has 0 bridgehead atoms. The third-order valence-electron chi connectivity index (χ3n) is 3.91. The van der Waals surface area contributed by atoms with Crippen molar-refractivity contribution in [2.24, 2.45) is 0 Å². The lowest BCUT2D eigenvalue weighted by Crippen LogP contribution is -2.29. The maximum absolute atomic E-state index is 4.61. The number of aryl methyl sites for hydroxylation is 1. The summed E-state index contributed by atoms with van der Waals surface area (Å²) >= 11 is 0. The van der Waals surface area contributed by atoms with Gasteiger partial charge in [-0.15, -0.1) is 0 Å². The smallest absolute Gasteiger partial charge is 0.106 e. The molecule has 3 nitrogen and oxygen atoms in total. The Morgan fingerprint density at radius 3 is 2.85 bits per heavy atom. The summed E-state index contributed by atoms with van der Waals surface area (Å²) < 4.78 is 2.31. The Morgan fingerprint density at radius 2 is 2.05 bits per heavy atom. The number of aromatic nitrogens is 2. The van der Waals surface area contributed by atoms with Gasteiger partial charge in [-0.05, 0) is 32.4 Å². The van der Waals surface area contributed by atoms with E-state index in [1.807, 2.05) is 6.07 Å². The summed E-state index contributed by atoms with van der Waals surface area (Å²) in [6.07, 6.45) is 5.25. The normalized spacial score (nSPS) is 12.9. The van der Waals surface area contributed by atoms with Gasteiger partial charge >= 0.3 is 0 Å². The van der Waals surface area contributed by atoms with Crippen LogP contribution in [-0.2, 0) is 6.54 Å². The zero-order valence-corrected chi connectivity index (χ0v) is 13.0. The van der Waals surface area contributed by atoms with E-state index in [4.69, 9.17) is 0 Å². The largest absolute Gasteiger partial charge is 0.327 e. The number of fused-ring (bicyclic) bond motifs is 1. The van der Waals surface area contributed by atoms with E-state index in [1.54, 1.807) is 0 Å². The van der Waals surface area contributed by atoms with Crippen LogP contribution in [-0.4, -0.2) is 22.1 Å². The number of imidazole rings is 1. The van der Waals surface area contributed by atoms with Gasteiger partial charge in [-0.25, -0.2) is 4.98 Å². The Bertz CT molecular complexity index is 530. The van der Waals surface area contributed by atoms with Crippen molar-refractivity contribution < 1.29 is 0 Å². The van der Waals surface area contributed by atoms with E-state index in [0.717, 1.165) is 24.4 Å². The predicted octanol–water partition coefficient (Wildman–Crippen LogP) is 3.90. The van der Waals surface area contributed by atoms with Crippen LogP contribution in [0.3, 0.4) is 0 Å². The molecule has 1 heterocycles. The summed E-state index contributed by atoms with van der Waals surface area (Å²) in [5.41, 5.74) is 2.34. The number of hydrogen-bond acceptors (Lipinski definition) is 2. The van der Waals surface area contributed by atoms with Crippen LogP contribution in [0, 0.1) is 6.92 Å². The average Bonchev–Trinajstić information content (AvgIpc) is 2.75. The topological polar surface area (TPSA) is 29.9 Å². The molecule has 0 amide bonds. The fraction of sp³-hybridized carbons (Fsp3) is 0.588. The van der Waals surface area contributed by atoms with Crippen LogP contribution < -0.4 is 5.32 Å². The molecule has 0 spiro atoms. The molecule has 20 heavy (non-hydrogen) atoms. The molecule has 1 unspecified atom stereocenters. The van der Waals surface area contributed by atoms with Crippen molar-refractivity contribution >= 4 is 11.0 Å². The van der Waals surface area contributed by atoms with Crippen molar-refractivity contribution in [2.75, 3.05) is 6.54 Å². The van der Waals surface area contributed by atoms with E-state index in [1.165, 1.54) is 31.2 Å². The number of para-hydroxylation sites is 2. The minimum Gasteiger partial charge on any atom is -0.327 e. The number of rotatable bonds is 8. The second-order valence-electron chi connectivity index (χ2n) is 5.65. The van der Waals surface area contributed by atoms with E-state index in [0.29, 0.717) is 6.04 Å². The quantitative estimate of drug-likeness (QED) is 0.739. The van der Waals surface area contributed by atoms with Gasteiger partial charge < -0.3 is 9.88 Å². The highest BCUT2D eigenvalue weighted by molar-refractivity contribution is 5.75. The minimum atomic E-state index is 0.608. The second-order valence-corrected chi connectivity index (χ2v) is 5.65. The molecule has 1 aromatic carbocycles. The molecule has 1 atom stereocenters. The number of benzene rings is 1. The molecule has 0 saturated carbocycles. The molecule has 0 aliphatic carbocycles. The molecule has 2 rings (SSSR count). The molecule has 3 heteroatoms. The summed E-state index contributed by atoms with van der Waals surface area (Å²) in [5, 5.41) is 3.62. The molecule has 1 aromatic heterocycles. The maximum atomic E-state index is 4.61. The van der Waals surface area contributed by atoms with Gasteiger partial charge in [0.05, 0.1) is 11.0 Å². The first kappa shape index (κ1) is 15.0. The maximum Gasteiger partial charge on any atom is 0.106 e. The summed E-state index contributed by atoms with van der Waals surface area (Å²) in [5.74, 6) is 1.10. The highest BCUT2D eigenvalue weighted by atomic mass is 15.1. The van der Waals surface area contributed by atoms with E-state index < -0.39 is 0 Å². The van der Waals surface area contributed by atoms with E-state index >= 15 is 0 Å². The van der Waals surface area contributed by atoms with Crippen LogP contribution >= 0.6 is 0 Å². The fourth-order valence-electron chi connectivity index (χ4n) is 2.70. The third-order valence-corrected chi connectivity index (χ3v) is 3.91. The molecule has 110 valence electrons. The lowest BCUT2D eigenvalue weighted by molar-refractivity contribution is 0.471. The average molecular weight is 273 g/mol. The summed E-state index contributed by atoms with van der Waals surface area (Å²) in [6.45, 7) is 8.63. The lowest BCUT2D eigenvalue weighted by Gasteiger charge is -2.14. The molecule has 2 aromatic rings. The van der Waals surface area contributed by atoms with Crippen LogP contribution in [0.2, 0.25) is 0 Å². The Labute approximate surface area is 122 Å². The van der Waals surface area contributed by atoms with E-state index in [9.17, 15) is 0 Å². The van der Waals surface area contributed by atoms with Crippen LogP contribution in [0.5, 0.6) is 0 Å². The van der Waals surface area contributed by atoms with E-state index in [2.05, 4.69) is 53.8 Å². The molecule has 0 aliphatic rings. The first-order valence-electron chi connectivity index (χ1n) is 7.87. The lowest BCUT2D eigenvalue weighted by atomic mass is 10.1. The van der Waals surface area contributed by atoms with E-state index in [-0.39, 0.29) is 0 Å². The van der Waals surface area contributed by atoms with Gasteiger partial charge in [-0.2, -0.15) is 0 Å². The van der Waals surface area contributed by atoms with Gasteiger partial charge in [0.25, 0.3) is 0 Å². The molecule has 1 N–H and O–H groups in total. The Hall–Kier alpha value is -1.35. The Balaban J connectivity index is 1.85. The third kappa shape index (κ3) is 3.83. The van der Waals surface area contributed by atoms with Gasteiger partial charge in [0, 0.05) is 19.1 Å². The van der Waals surface area contributed by atoms with Gasteiger partial charge in [0.2, 0.25) is 0 Å². The van der Waals surface area contributed by atoms with Crippen molar-refractivity contribution in [1.82, 2.24) is 14.9 Å². The Kier molecular flexibility index (Phi) is 5.60. The van der Waals surface area contributed by atoms with Crippen molar-refractivity contribution in [3.8, 4) is 0 Å². The zero-order chi connectivity index (χ0) is 14.4. The van der Waals surface area contributed by atoms with Crippen LogP contribution in [0.4, 0.5) is 0 Å².